The molecule has 5 rings (SSSR count). The van der Waals surface area contributed by atoms with Crippen LogP contribution in [0.5, 0.6) is 0 Å². The zero-order valence-electron chi connectivity index (χ0n) is 15.2. The minimum atomic E-state index is -0.0154. The van der Waals surface area contributed by atoms with Crippen molar-refractivity contribution in [2.24, 2.45) is 0 Å². The molecule has 2 bridgehead atoms. The van der Waals surface area contributed by atoms with Crippen LogP contribution in [0.2, 0.25) is 0 Å². The summed E-state index contributed by atoms with van der Waals surface area (Å²) in [5, 5.41) is 0. The van der Waals surface area contributed by atoms with Gasteiger partial charge in [0.1, 0.15) is 11.5 Å². The third-order valence-electron chi connectivity index (χ3n) is 5.28. The number of amides is 1. The molecule has 8 nitrogen and oxygen atoms in total. The van der Waals surface area contributed by atoms with Crippen LogP contribution in [0.15, 0.2) is 36.9 Å². The minimum Gasteiger partial charge on any atom is -0.374 e. The van der Waals surface area contributed by atoms with Crippen LogP contribution in [0.3, 0.4) is 0 Å². The van der Waals surface area contributed by atoms with Crippen LogP contribution in [-0.4, -0.2) is 69.6 Å². The predicted molar refractivity (Wildman–Crippen MR) is 99.7 cm³/mol. The number of likely N-dealkylation sites (tertiary alicyclic amines) is 1. The number of carbonyl (C=O) groups is 1. The first-order valence-corrected chi connectivity index (χ1v) is 8.99. The number of hydrogen-bond donors (Lipinski definition) is 0. The fourth-order valence-electron chi connectivity index (χ4n) is 3.80. The maximum atomic E-state index is 13.0. The number of nitrogens with zero attached hydrogens (tertiary/aromatic N) is 6. The topological polar surface area (TPSA) is 75.9 Å². The van der Waals surface area contributed by atoms with Gasteiger partial charge in [0.15, 0.2) is 0 Å². The zero-order valence-corrected chi connectivity index (χ0v) is 15.2. The summed E-state index contributed by atoms with van der Waals surface area (Å²) in [6.45, 7) is 1.28. The van der Waals surface area contributed by atoms with E-state index in [0.717, 1.165) is 23.4 Å². The molecule has 2 aliphatic heterocycles. The molecule has 0 saturated carbocycles. The lowest BCUT2D eigenvalue weighted by Crippen LogP contribution is -2.41. The normalized spacial score (nSPS) is 21.2. The third kappa shape index (κ3) is 2.64. The van der Waals surface area contributed by atoms with Gasteiger partial charge >= 0.3 is 0 Å². The van der Waals surface area contributed by atoms with Crippen molar-refractivity contribution in [3.8, 4) is 11.1 Å². The molecule has 0 N–H and O–H groups in total. The van der Waals surface area contributed by atoms with Crippen molar-refractivity contribution in [3.63, 3.8) is 0 Å². The van der Waals surface area contributed by atoms with Gasteiger partial charge < -0.3 is 14.5 Å². The summed E-state index contributed by atoms with van der Waals surface area (Å²) in [5.74, 6) is 1.39. The maximum absolute atomic E-state index is 13.0. The molecule has 5 heterocycles. The highest BCUT2D eigenvalue weighted by Gasteiger charge is 2.42. The molecule has 0 spiro atoms. The molecule has 3 aromatic rings. The van der Waals surface area contributed by atoms with Gasteiger partial charge in [0, 0.05) is 50.4 Å². The van der Waals surface area contributed by atoms with Crippen molar-refractivity contribution in [1.82, 2.24) is 24.3 Å². The van der Waals surface area contributed by atoms with Gasteiger partial charge in [-0.2, -0.15) is 0 Å². The van der Waals surface area contributed by atoms with E-state index in [1.165, 1.54) is 0 Å². The van der Waals surface area contributed by atoms with E-state index >= 15 is 0 Å². The van der Waals surface area contributed by atoms with E-state index in [0.29, 0.717) is 24.6 Å². The molecular weight excluding hydrogens is 344 g/mol. The number of anilines is 1. The molecule has 138 valence electrons. The van der Waals surface area contributed by atoms with Crippen LogP contribution >= 0.6 is 0 Å². The van der Waals surface area contributed by atoms with Gasteiger partial charge in [0.05, 0.1) is 24.9 Å². The summed E-state index contributed by atoms with van der Waals surface area (Å²) < 4.78 is 7.37. The van der Waals surface area contributed by atoms with Gasteiger partial charge in [0.2, 0.25) is 5.78 Å². The molecule has 0 aliphatic carbocycles. The standard InChI is InChI=1S/C19H20N6O2/c1-23(2)17-4-3-12(6-20-17)13-7-21-19-22-8-16(25(19)9-13)18(26)24-10-15-5-14(24)11-27-15/h3-4,6-9,14-15H,5,10-11H2,1-2H3. The molecule has 27 heavy (non-hydrogen) atoms. The van der Waals surface area contributed by atoms with Crippen molar-refractivity contribution in [2.75, 3.05) is 32.1 Å². The molecule has 3 aromatic heterocycles. The Kier molecular flexibility index (Phi) is 3.61. The number of aromatic nitrogens is 4. The van der Waals surface area contributed by atoms with E-state index in [9.17, 15) is 4.79 Å². The second-order valence-corrected chi connectivity index (χ2v) is 7.26. The number of rotatable bonds is 3. The number of imidazole rings is 1. The van der Waals surface area contributed by atoms with Crippen LogP contribution in [-0.2, 0) is 4.74 Å². The van der Waals surface area contributed by atoms with Crippen molar-refractivity contribution in [3.05, 3.63) is 42.6 Å². The van der Waals surface area contributed by atoms with E-state index in [-0.39, 0.29) is 18.1 Å². The van der Waals surface area contributed by atoms with Gasteiger partial charge in [0.25, 0.3) is 5.91 Å². The van der Waals surface area contributed by atoms with Gasteiger partial charge in [-0.1, -0.05) is 0 Å². The van der Waals surface area contributed by atoms with Crippen molar-refractivity contribution in [1.29, 1.82) is 0 Å². The van der Waals surface area contributed by atoms with Crippen LogP contribution in [0, 0.1) is 0 Å². The number of fused-ring (bicyclic) bond motifs is 3. The summed E-state index contributed by atoms with van der Waals surface area (Å²) >= 11 is 0. The maximum Gasteiger partial charge on any atom is 0.272 e. The van der Waals surface area contributed by atoms with Crippen LogP contribution in [0.25, 0.3) is 16.9 Å². The Morgan fingerprint density at radius 1 is 1.15 bits per heavy atom. The van der Waals surface area contributed by atoms with Crippen LogP contribution in [0.1, 0.15) is 16.9 Å². The number of pyridine rings is 1. The molecule has 2 saturated heterocycles. The van der Waals surface area contributed by atoms with E-state index in [1.807, 2.05) is 48.4 Å². The first kappa shape index (κ1) is 16.2. The summed E-state index contributed by atoms with van der Waals surface area (Å²) in [6.07, 6.45) is 8.18. The molecule has 1 amide bonds. The monoisotopic (exact) mass is 364 g/mol. The molecule has 2 fully saturated rings. The molecular formula is C19H20N6O2. The third-order valence-corrected chi connectivity index (χ3v) is 5.28. The molecule has 2 unspecified atom stereocenters. The Morgan fingerprint density at radius 2 is 1.96 bits per heavy atom. The first-order valence-electron chi connectivity index (χ1n) is 8.99. The quantitative estimate of drug-likeness (QED) is 0.701. The Bertz CT molecular complexity index is 1010. The zero-order chi connectivity index (χ0) is 18.5. The van der Waals surface area contributed by atoms with Crippen LogP contribution in [0.4, 0.5) is 5.82 Å². The number of ether oxygens (including phenoxy) is 1. The molecule has 2 aliphatic rings. The average Bonchev–Trinajstić information content (AvgIpc) is 3.42. The Hall–Kier alpha value is -3.00. The highest BCUT2D eigenvalue weighted by molar-refractivity contribution is 5.93. The molecule has 0 aromatic carbocycles. The summed E-state index contributed by atoms with van der Waals surface area (Å²) in [4.78, 5) is 30.1. The summed E-state index contributed by atoms with van der Waals surface area (Å²) in [5.41, 5.74) is 2.36. The Labute approximate surface area is 156 Å². The van der Waals surface area contributed by atoms with Crippen molar-refractivity contribution < 1.29 is 9.53 Å². The van der Waals surface area contributed by atoms with Crippen molar-refractivity contribution >= 4 is 17.5 Å². The summed E-state index contributed by atoms with van der Waals surface area (Å²) in [7, 11) is 3.91. The largest absolute Gasteiger partial charge is 0.374 e. The van der Waals surface area contributed by atoms with E-state index in [2.05, 4.69) is 15.0 Å². The SMILES string of the molecule is CN(C)c1ccc(-c2cnc3ncc(C(=O)N4CC5CC4CO5)n3c2)cn1. The number of hydrogen-bond acceptors (Lipinski definition) is 6. The highest BCUT2D eigenvalue weighted by atomic mass is 16.5. The predicted octanol–water partition coefficient (Wildman–Crippen LogP) is 1.47. The van der Waals surface area contributed by atoms with Crippen LogP contribution < -0.4 is 4.90 Å². The van der Waals surface area contributed by atoms with E-state index in [1.54, 1.807) is 16.8 Å². The Balaban J connectivity index is 1.50. The Morgan fingerprint density at radius 3 is 2.63 bits per heavy atom. The summed E-state index contributed by atoms with van der Waals surface area (Å²) in [6, 6.07) is 4.13. The second kappa shape index (κ2) is 6.02. The van der Waals surface area contributed by atoms with Gasteiger partial charge in [-0.05, 0) is 18.6 Å². The number of carbonyl (C=O) groups excluding carboxylic acids is 1. The minimum absolute atomic E-state index is 0.0154. The van der Waals surface area contributed by atoms with E-state index < -0.39 is 0 Å². The lowest BCUT2D eigenvalue weighted by molar-refractivity contribution is 0.0255. The lowest BCUT2D eigenvalue weighted by atomic mass is 10.1. The number of morpholine rings is 1. The first-order chi connectivity index (χ1) is 13.1. The highest BCUT2D eigenvalue weighted by Crippen LogP contribution is 2.29. The molecule has 2 atom stereocenters. The van der Waals surface area contributed by atoms with Crippen molar-refractivity contribution in [2.45, 2.75) is 18.6 Å². The smallest absolute Gasteiger partial charge is 0.272 e. The van der Waals surface area contributed by atoms with E-state index in [4.69, 9.17) is 4.74 Å². The second-order valence-electron chi connectivity index (χ2n) is 7.26. The van der Waals surface area contributed by atoms with Gasteiger partial charge in [-0.15, -0.1) is 0 Å². The van der Waals surface area contributed by atoms with Gasteiger partial charge in [-0.25, -0.2) is 15.0 Å². The lowest BCUT2D eigenvalue weighted by Gasteiger charge is -2.26. The fraction of sp³-hybridized carbons (Fsp3) is 0.368. The van der Waals surface area contributed by atoms with Gasteiger partial charge in [-0.3, -0.25) is 9.20 Å². The fourth-order valence-corrected chi connectivity index (χ4v) is 3.80. The molecule has 8 heteroatoms. The molecule has 0 radical (unpaired) electrons. The average molecular weight is 364 g/mol.